The number of carbonyl (C=O) groups is 1. The van der Waals surface area contributed by atoms with E-state index in [1.165, 1.54) is 12.8 Å². The van der Waals surface area contributed by atoms with E-state index < -0.39 is 10.0 Å². The van der Waals surface area contributed by atoms with Gasteiger partial charge in [-0.1, -0.05) is 25.5 Å². The van der Waals surface area contributed by atoms with Gasteiger partial charge in [-0.2, -0.15) is 0 Å². The van der Waals surface area contributed by atoms with Gasteiger partial charge in [0.2, 0.25) is 5.91 Å². The van der Waals surface area contributed by atoms with Crippen LogP contribution in [0.15, 0.2) is 34.2 Å². The Hall–Kier alpha value is -1.93. The highest BCUT2D eigenvalue weighted by Gasteiger charge is 2.29. The van der Waals surface area contributed by atoms with Crippen LogP contribution < -0.4 is 10.0 Å². The lowest BCUT2D eigenvalue weighted by Crippen LogP contribution is -2.39. The predicted molar refractivity (Wildman–Crippen MR) is 110 cm³/mol. The van der Waals surface area contributed by atoms with Crippen molar-refractivity contribution >= 4 is 21.8 Å². The van der Waals surface area contributed by atoms with Gasteiger partial charge in [0, 0.05) is 31.1 Å². The lowest BCUT2D eigenvalue weighted by atomic mass is 10.1. The van der Waals surface area contributed by atoms with Gasteiger partial charge < -0.3 is 5.32 Å². The number of sulfonamides is 1. The van der Waals surface area contributed by atoms with E-state index >= 15 is 0 Å². The zero-order valence-electron chi connectivity index (χ0n) is 16.5. The average molecular weight is 407 g/mol. The normalized spacial score (nSPS) is 22.2. The summed E-state index contributed by atoms with van der Waals surface area (Å²) in [4.78, 5) is 19.1. The fourth-order valence-electron chi connectivity index (χ4n) is 3.88. The third-order valence-corrected chi connectivity index (χ3v) is 6.83. The second-order valence-corrected chi connectivity index (χ2v) is 9.02. The van der Waals surface area contributed by atoms with Crippen LogP contribution in [0.3, 0.4) is 0 Å². The molecular formula is C20H30N4O3S. The SMILES string of the molecule is CCN1CCCC1CNC(=O)CCCCCN=C1NS(=O)(=O)c2ccccc21. The van der Waals surface area contributed by atoms with Crippen LogP contribution in [0.4, 0.5) is 0 Å². The van der Waals surface area contributed by atoms with Crippen molar-refractivity contribution in [3.8, 4) is 0 Å². The summed E-state index contributed by atoms with van der Waals surface area (Å²) in [6.07, 6.45) is 5.46. The maximum Gasteiger partial charge on any atom is 0.263 e. The maximum atomic E-state index is 12.0. The van der Waals surface area contributed by atoms with E-state index in [0.717, 1.165) is 38.9 Å². The minimum atomic E-state index is -3.47. The van der Waals surface area contributed by atoms with Crippen molar-refractivity contribution in [2.75, 3.05) is 26.2 Å². The number of rotatable bonds is 9. The first-order chi connectivity index (χ1) is 13.5. The van der Waals surface area contributed by atoms with Crippen LogP contribution in [0.2, 0.25) is 0 Å². The van der Waals surface area contributed by atoms with Crippen LogP contribution in [0.1, 0.15) is 51.0 Å². The lowest BCUT2D eigenvalue weighted by molar-refractivity contribution is -0.121. The van der Waals surface area contributed by atoms with Crippen LogP contribution >= 0.6 is 0 Å². The summed E-state index contributed by atoms with van der Waals surface area (Å²) in [6.45, 7) is 5.64. The second-order valence-electron chi connectivity index (χ2n) is 7.37. The molecule has 1 amide bonds. The summed E-state index contributed by atoms with van der Waals surface area (Å²) in [5.74, 6) is 0.539. The van der Waals surface area contributed by atoms with E-state index in [1.54, 1.807) is 24.3 Å². The van der Waals surface area contributed by atoms with Gasteiger partial charge in [-0.3, -0.25) is 19.4 Å². The Morgan fingerprint density at radius 1 is 1.29 bits per heavy atom. The molecule has 1 aromatic rings. The van der Waals surface area contributed by atoms with E-state index in [1.807, 2.05) is 0 Å². The zero-order valence-corrected chi connectivity index (χ0v) is 17.3. The molecule has 3 rings (SSSR count). The number of nitrogens with one attached hydrogen (secondary N) is 2. The quantitative estimate of drug-likeness (QED) is 0.613. The molecule has 1 saturated heterocycles. The predicted octanol–water partition coefficient (Wildman–Crippen LogP) is 1.89. The number of amidine groups is 1. The molecule has 2 aliphatic rings. The van der Waals surface area contributed by atoms with Crippen LogP contribution in [0, 0.1) is 0 Å². The molecule has 0 aromatic heterocycles. The lowest BCUT2D eigenvalue weighted by Gasteiger charge is -2.22. The highest BCUT2D eigenvalue weighted by atomic mass is 32.2. The molecule has 0 aliphatic carbocycles. The number of nitrogens with zero attached hydrogens (tertiary/aromatic N) is 2. The summed E-state index contributed by atoms with van der Waals surface area (Å²) in [5, 5.41) is 3.06. The van der Waals surface area contributed by atoms with Gasteiger partial charge in [0.25, 0.3) is 10.0 Å². The molecule has 8 heteroatoms. The first-order valence-corrected chi connectivity index (χ1v) is 11.7. The van der Waals surface area contributed by atoms with E-state index in [-0.39, 0.29) is 10.8 Å². The molecule has 1 atom stereocenters. The Kier molecular flexibility index (Phi) is 7.07. The van der Waals surface area contributed by atoms with Crippen molar-refractivity contribution < 1.29 is 13.2 Å². The summed E-state index contributed by atoms with van der Waals surface area (Å²) in [5.41, 5.74) is 0.634. The van der Waals surface area contributed by atoms with E-state index in [4.69, 9.17) is 0 Å². The second kappa shape index (κ2) is 9.52. The highest BCUT2D eigenvalue weighted by molar-refractivity contribution is 7.90. The van der Waals surface area contributed by atoms with Crippen LogP contribution in [0.25, 0.3) is 0 Å². The fourth-order valence-corrected chi connectivity index (χ4v) is 5.13. The summed E-state index contributed by atoms with van der Waals surface area (Å²) in [6, 6.07) is 7.35. The first-order valence-electron chi connectivity index (χ1n) is 10.2. The number of amides is 1. The molecule has 7 nitrogen and oxygen atoms in total. The van der Waals surface area contributed by atoms with Gasteiger partial charge in [-0.15, -0.1) is 0 Å². The minimum absolute atomic E-state index is 0.117. The third kappa shape index (κ3) is 5.11. The molecule has 2 N–H and O–H groups in total. The number of benzene rings is 1. The topological polar surface area (TPSA) is 90.9 Å². The van der Waals surface area contributed by atoms with Gasteiger partial charge >= 0.3 is 0 Å². The summed E-state index contributed by atoms with van der Waals surface area (Å²) in [7, 11) is -3.47. The maximum absolute atomic E-state index is 12.0. The largest absolute Gasteiger partial charge is 0.355 e. The zero-order chi connectivity index (χ0) is 20.0. The molecule has 1 unspecified atom stereocenters. The Morgan fingerprint density at radius 3 is 2.93 bits per heavy atom. The van der Waals surface area contributed by atoms with Crippen LogP contribution in [-0.2, 0) is 14.8 Å². The summed E-state index contributed by atoms with van der Waals surface area (Å²) < 4.78 is 26.6. The molecule has 0 saturated carbocycles. The number of unbranched alkanes of at least 4 members (excludes halogenated alkanes) is 2. The van der Waals surface area contributed by atoms with Gasteiger partial charge in [0.05, 0.1) is 4.90 Å². The molecule has 1 aromatic carbocycles. The van der Waals surface area contributed by atoms with Crippen LogP contribution in [-0.4, -0.2) is 57.3 Å². The van der Waals surface area contributed by atoms with Gasteiger partial charge in [-0.25, -0.2) is 8.42 Å². The monoisotopic (exact) mass is 406 g/mol. The molecule has 28 heavy (non-hydrogen) atoms. The molecule has 2 heterocycles. The Bertz CT molecular complexity index is 822. The number of likely N-dealkylation sites (tertiary alicyclic amines) is 1. The molecule has 0 bridgehead atoms. The van der Waals surface area contributed by atoms with Crippen molar-refractivity contribution in [2.45, 2.75) is 56.4 Å². The number of carbonyl (C=O) groups excluding carboxylic acids is 1. The number of fused-ring (bicyclic) bond motifs is 1. The summed E-state index contributed by atoms with van der Waals surface area (Å²) >= 11 is 0. The van der Waals surface area contributed by atoms with Crippen molar-refractivity contribution in [1.82, 2.24) is 14.9 Å². The molecule has 2 aliphatic heterocycles. The average Bonchev–Trinajstić information content (AvgIpc) is 3.25. The van der Waals surface area contributed by atoms with Crippen molar-refractivity contribution in [3.63, 3.8) is 0 Å². The van der Waals surface area contributed by atoms with Gasteiger partial charge in [0.1, 0.15) is 5.84 Å². The third-order valence-electron chi connectivity index (χ3n) is 5.43. The minimum Gasteiger partial charge on any atom is -0.355 e. The Morgan fingerprint density at radius 2 is 2.11 bits per heavy atom. The molecule has 1 fully saturated rings. The number of hydrogen-bond acceptors (Lipinski definition) is 5. The molecule has 0 radical (unpaired) electrons. The smallest absolute Gasteiger partial charge is 0.263 e. The van der Waals surface area contributed by atoms with Gasteiger partial charge in [0.15, 0.2) is 0 Å². The van der Waals surface area contributed by atoms with Crippen LogP contribution in [0.5, 0.6) is 0 Å². The van der Waals surface area contributed by atoms with Gasteiger partial charge in [-0.05, 0) is 50.9 Å². The molecular weight excluding hydrogens is 376 g/mol. The van der Waals surface area contributed by atoms with Crippen molar-refractivity contribution in [1.29, 1.82) is 0 Å². The molecule has 0 spiro atoms. The fraction of sp³-hybridized carbons (Fsp3) is 0.600. The number of aliphatic imine (C=N–C) groups is 1. The van der Waals surface area contributed by atoms with E-state index in [9.17, 15) is 13.2 Å². The number of likely N-dealkylation sites (N-methyl/N-ethyl adjacent to an activating group) is 1. The van der Waals surface area contributed by atoms with E-state index in [2.05, 4.69) is 26.9 Å². The standard InChI is InChI=1S/C20H30N4O3S/c1-2-24-14-8-9-16(24)15-22-19(25)12-4-3-7-13-21-20-17-10-5-6-11-18(17)28(26,27)23-20/h5-6,10-11,16H,2-4,7-9,12-15H2,1H3,(H,21,23)(H,22,25). The van der Waals surface area contributed by atoms with E-state index in [0.29, 0.717) is 30.4 Å². The Labute approximate surface area is 167 Å². The molecule has 154 valence electrons. The number of hydrogen-bond donors (Lipinski definition) is 2. The highest BCUT2D eigenvalue weighted by Crippen LogP contribution is 2.22. The van der Waals surface area contributed by atoms with Crippen molar-refractivity contribution in [2.24, 2.45) is 4.99 Å². The Balaban J connectivity index is 1.33. The van der Waals surface area contributed by atoms with Crippen molar-refractivity contribution in [3.05, 3.63) is 29.8 Å². The first kappa shape index (κ1) is 20.8.